The minimum atomic E-state index is -0.727. The Labute approximate surface area is 129 Å². The van der Waals surface area contributed by atoms with Crippen LogP contribution in [0, 0.1) is 10.1 Å². The van der Waals surface area contributed by atoms with Crippen molar-refractivity contribution in [2.75, 3.05) is 0 Å². The summed E-state index contributed by atoms with van der Waals surface area (Å²) in [6.07, 6.45) is 3.23. The van der Waals surface area contributed by atoms with E-state index in [1.54, 1.807) is 24.3 Å². The molecule has 0 N–H and O–H groups in total. The van der Waals surface area contributed by atoms with E-state index >= 15 is 0 Å². The predicted octanol–water partition coefficient (Wildman–Crippen LogP) is 4.52. The van der Waals surface area contributed by atoms with Crippen molar-refractivity contribution in [2.24, 2.45) is 0 Å². The second kappa shape index (κ2) is 6.17. The predicted molar refractivity (Wildman–Crippen MR) is 79.1 cm³/mol. The van der Waals surface area contributed by atoms with Crippen molar-refractivity contribution >= 4 is 52.6 Å². The highest BCUT2D eigenvalue weighted by Gasteiger charge is 2.21. The molecule has 0 saturated heterocycles. The molecule has 2 aromatic rings. The lowest BCUT2D eigenvalue weighted by molar-refractivity contribution is -0.385. The summed E-state index contributed by atoms with van der Waals surface area (Å²) >= 11 is 17.3. The molecule has 8 heteroatoms. The third-order valence-electron chi connectivity index (χ3n) is 2.27. The average molecular weight is 331 g/mol. The summed E-state index contributed by atoms with van der Waals surface area (Å²) in [4.78, 5) is 17.6. The number of hydrogen-bond acceptors (Lipinski definition) is 4. The van der Waals surface area contributed by atoms with Gasteiger partial charge in [-0.3, -0.25) is 10.1 Å². The first-order valence-corrected chi connectivity index (χ1v) is 6.42. The van der Waals surface area contributed by atoms with Crippen LogP contribution in [0.5, 0.6) is 0 Å². The zero-order chi connectivity index (χ0) is 14.7. The van der Waals surface area contributed by atoms with E-state index in [1.165, 1.54) is 6.08 Å². The molecule has 0 radical (unpaired) electrons. The monoisotopic (exact) mass is 329 g/mol. The van der Waals surface area contributed by atoms with E-state index < -0.39 is 10.6 Å². The lowest BCUT2D eigenvalue weighted by atomic mass is 10.2. The number of benzene rings is 1. The number of aromatic nitrogens is 2. The van der Waals surface area contributed by atoms with Gasteiger partial charge in [-0.1, -0.05) is 53.0 Å². The SMILES string of the molecule is O=[N+]([O-])c1c(Cl)nc(/C=C/c2cccc(Cl)c2)nc1Cl. The highest BCUT2D eigenvalue weighted by molar-refractivity contribution is 6.36. The van der Waals surface area contributed by atoms with Crippen molar-refractivity contribution in [3.05, 3.63) is 61.1 Å². The van der Waals surface area contributed by atoms with Crippen molar-refractivity contribution in [1.29, 1.82) is 0 Å². The van der Waals surface area contributed by atoms with Gasteiger partial charge in [0.15, 0.2) is 5.82 Å². The molecule has 0 atom stereocenters. The second-order valence-corrected chi connectivity index (χ2v) is 4.81. The Kier molecular flexibility index (Phi) is 4.54. The third kappa shape index (κ3) is 3.45. The molecule has 0 spiro atoms. The fraction of sp³-hybridized carbons (Fsp3) is 0. The number of hydrogen-bond donors (Lipinski definition) is 0. The van der Waals surface area contributed by atoms with Gasteiger partial charge in [-0.05, 0) is 23.8 Å². The van der Waals surface area contributed by atoms with Crippen LogP contribution >= 0.6 is 34.8 Å². The van der Waals surface area contributed by atoms with Crippen molar-refractivity contribution in [2.45, 2.75) is 0 Å². The summed E-state index contributed by atoms with van der Waals surface area (Å²) in [6, 6.07) is 7.11. The average Bonchev–Trinajstić information content (AvgIpc) is 2.35. The highest BCUT2D eigenvalue weighted by atomic mass is 35.5. The van der Waals surface area contributed by atoms with Gasteiger partial charge < -0.3 is 0 Å². The van der Waals surface area contributed by atoms with Gasteiger partial charge in [0.25, 0.3) is 0 Å². The Morgan fingerprint density at radius 1 is 1.10 bits per heavy atom. The molecule has 0 unspecified atom stereocenters. The first-order valence-electron chi connectivity index (χ1n) is 5.28. The van der Waals surface area contributed by atoms with E-state index in [0.29, 0.717) is 5.02 Å². The Hall–Kier alpha value is -1.69. The van der Waals surface area contributed by atoms with Gasteiger partial charge >= 0.3 is 5.69 Å². The minimum absolute atomic E-state index is 0.172. The van der Waals surface area contributed by atoms with Crippen LogP contribution in [0.25, 0.3) is 12.2 Å². The standard InChI is InChI=1S/C12H6Cl3N3O2/c13-8-3-1-2-7(6-8)4-5-9-16-11(14)10(18(19)20)12(15)17-9/h1-6H/b5-4+. The van der Waals surface area contributed by atoms with Crippen LogP contribution in [-0.4, -0.2) is 14.9 Å². The first-order chi connectivity index (χ1) is 9.47. The number of rotatable bonds is 3. The van der Waals surface area contributed by atoms with Crippen LogP contribution in [-0.2, 0) is 0 Å². The molecule has 0 saturated carbocycles. The van der Waals surface area contributed by atoms with E-state index in [1.807, 2.05) is 6.07 Å². The molecule has 0 aliphatic rings. The lowest BCUT2D eigenvalue weighted by Crippen LogP contribution is -1.97. The van der Waals surface area contributed by atoms with Gasteiger partial charge in [-0.15, -0.1) is 0 Å². The maximum Gasteiger partial charge on any atom is 0.343 e. The zero-order valence-electron chi connectivity index (χ0n) is 9.76. The zero-order valence-corrected chi connectivity index (χ0v) is 12.0. The maximum atomic E-state index is 10.7. The molecule has 1 aromatic heterocycles. The van der Waals surface area contributed by atoms with Crippen molar-refractivity contribution in [3.8, 4) is 0 Å². The molecule has 2 rings (SSSR count). The molecular formula is C12H6Cl3N3O2. The lowest BCUT2D eigenvalue weighted by Gasteiger charge is -1.99. The summed E-state index contributed by atoms with van der Waals surface area (Å²) in [5.41, 5.74) is 0.319. The molecule has 5 nitrogen and oxygen atoms in total. The first kappa shape index (κ1) is 14.7. The summed E-state index contributed by atoms with van der Waals surface area (Å²) in [6.45, 7) is 0. The maximum absolute atomic E-state index is 10.7. The molecule has 1 aromatic carbocycles. The third-order valence-corrected chi connectivity index (χ3v) is 3.03. The van der Waals surface area contributed by atoms with Crippen molar-refractivity contribution in [3.63, 3.8) is 0 Å². The summed E-state index contributed by atoms with van der Waals surface area (Å²) < 4.78 is 0. The quantitative estimate of drug-likeness (QED) is 0.471. The largest absolute Gasteiger partial charge is 0.343 e. The molecule has 20 heavy (non-hydrogen) atoms. The Bertz CT molecular complexity index is 681. The van der Waals surface area contributed by atoms with Crippen LogP contribution < -0.4 is 0 Å². The van der Waals surface area contributed by atoms with E-state index in [0.717, 1.165) is 5.56 Å². The van der Waals surface area contributed by atoms with Gasteiger partial charge in [0.05, 0.1) is 4.92 Å². The molecule has 1 heterocycles. The van der Waals surface area contributed by atoms with E-state index in [9.17, 15) is 10.1 Å². The molecule has 0 aliphatic heterocycles. The fourth-order valence-corrected chi connectivity index (χ4v) is 2.16. The summed E-state index contributed by atoms with van der Waals surface area (Å²) in [5, 5.41) is 10.7. The van der Waals surface area contributed by atoms with Crippen LogP contribution in [0.1, 0.15) is 11.4 Å². The minimum Gasteiger partial charge on any atom is -0.258 e. The van der Waals surface area contributed by atoms with E-state index in [-0.39, 0.29) is 16.1 Å². The van der Waals surface area contributed by atoms with E-state index in [4.69, 9.17) is 34.8 Å². The molecule has 0 fully saturated rings. The topological polar surface area (TPSA) is 68.9 Å². The molecule has 0 bridgehead atoms. The molecule has 102 valence electrons. The summed E-state index contributed by atoms with van der Waals surface area (Å²) in [7, 11) is 0. The highest BCUT2D eigenvalue weighted by Crippen LogP contribution is 2.29. The number of halogens is 3. The van der Waals surface area contributed by atoms with Gasteiger partial charge in [-0.2, -0.15) is 0 Å². The van der Waals surface area contributed by atoms with Crippen molar-refractivity contribution < 1.29 is 4.92 Å². The van der Waals surface area contributed by atoms with Crippen LogP contribution in [0.2, 0.25) is 15.3 Å². The van der Waals surface area contributed by atoms with Crippen LogP contribution in [0.15, 0.2) is 24.3 Å². The normalized spacial score (nSPS) is 10.9. The molecular weight excluding hydrogens is 325 g/mol. The Morgan fingerprint density at radius 3 is 2.30 bits per heavy atom. The number of nitrogens with zero attached hydrogens (tertiary/aromatic N) is 3. The van der Waals surface area contributed by atoms with Gasteiger partial charge in [0.2, 0.25) is 10.3 Å². The van der Waals surface area contributed by atoms with Gasteiger partial charge in [-0.25, -0.2) is 9.97 Å². The van der Waals surface area contributed by atoms with Gasteiger partial charge in [0.1, 0.15) is 0 Å². The fourth-order valence-electron chi connectivity index (χ4n) is 1.42. The van der Waals surface area contributed by atoms with Crippen LogP contribution in [0.4, 0.5) is 5.69 Å². The Morgan fingerprint density at radius 2 is 1.75 bits per heavy atom. The summed E-state index contributed by atoms with van der Waals surface area (Å²) in [5.74, 6) is 0.172. The van der Waals surface area contributed by atoms with Crippen LogP contribution in [0.3, 0.4) is 0 Å². The Balaban J connectivity index is 2.33. The molecule has 0 amide bonds. The van der Waals surface area contributed by atoms with Gasteiger partial charge in [0, 0.05) is 5.02 Å². The smallest absolute Gasteiger partial charge is 0.258 e. The number of nitro groups is 1. The van der Waals surface area contributed by atoms with Crippen molar-refractivity contribution in [1.82, 2.24) is 9.97 Å². The van der Waals surface area contributed by atoms with E-state index in [2.05, 4.69) is 9.97 Å². The second-order valence-electron chi connectivity index (χ2n) is 3.66. The molecule has 0 aliphatic carbocycles.